The summed E-state index contributed by atoms with van der Waals surface area (Å²) in [6.07, 6.45) is 0. The van der Waals surface area contributed by atoms with E-state index in [1.165, 1.54) is 0 Å². The molecule has 5 aromatic carbocycles. The molecule has 164 valence electrons. The standard InChI is InChI=1S/C29H24O4/c1-16-9-10-18(15-17(16)2)27(23-13-11-19-21(28(23)32)5-3-7-25(19)30)24-14-12-20-22(29(24)33)6-4-8-26(20)31/h3-15,27,30-33H,1-2H3. The van der Waals surface area contributed by atoms with Crippen molar-refractivity contribution >= 4 is 21.5 Å². The number of aromatic hydroxyl groups is 4. The van der Waals surface area contributed by atoms with Gasteiger partial charge in [-0.05, 0) is 42.7 Å². The van der Waals surface area contributed by atoms with Crippen LogP contribution in [0.2, 0.25) is 0 Å². The van der Waals surface area contributed by atoms with Crippen molar-refractivity contribution in [1.82, 2.24) is 0 Å². The zero-order valence-electron chi connectivity index (χ0n) is 18.4. The maximum atomic E-state index is 11.3. The van der Waals surface area contributed by atoms with Gasteiger partial charge in [0.25, 0.3) is 0 Å². The molecule has 33 heavy (non-hydrogen) atoms. The highest BCUT2D eigenvalue weighted by Crippen LogP contribution is 2.46. The Morgan fingerprint density at radius 1 is 0.515 bits per heavy atom. The fourth-order valence-corrected chi connectivity index (χ4v) is 4.62. The Hall–Kier alpha value is -4.18. The van der Waals surface area contributed by atoms with Crippen LogP contribution in [0.25, 0.3) is 21.5 Å². The molecule has 0 aliphatic rings. The number of rotatable bonds is 3. The Labute approximate surface area is 191 Å². The predicted molar refractivity (Wildman–Crippen MR) is 131 cm³/mol. The Bertz CT molecular complexity index is 1440. The van der Waals surface area contributed by atoms with Crippen molar-refractivity contribution in [3.63, 3.8) is 0 Å². The molecule has 0 fully saturated rings. The van der Waals surface area contributed by atoms with Crippen LogP contribution in [-0.2, 0) is 0 Å². The van der Waals surface area contributed by atoms with Gasteiger partial charge in [-0.25, -0.2) is 0 Å². The van der Waals surface area contributed by atoms with Crippen LogP contribution in [0.5, 0.6) is 23.0 Å². The van der Waals surface area contributed by atoms with Crippen molar-refractivity contribution in [3.8, 4) is 23.0 Å². The molecule has 0 unspecified atom stereocenters. The topological polar surface area (TPSA) is 80.9 Å². The van der Waals surface area contributed by atoms with Crippen LogP contribution in [0.1, 0.15) is 33.7 Å². The van der Waals surface area contributed by atoms with Crippen molar-refractivity contribution in [2.45, 2.75) is 19.8 Å². The lowest BCUT2D eigenvalue weighted by molar-refractivity contribution is 0.463. The second-order valence-electron chi connectivity index (χ2n) is 8.53. The summed E-state index contributed by atoms with van der Waals surface area (Å²) in [6.45, 7) is 4.08. The van der Waals surface area contributed by atoms with Crippen LogP contribution >= 0.6 is 0 Å². The van der Waals surface area contributed by atoms with Gasteiger partial charge in [0, 0.05) is 38.6 Å². The fourth-order valence-electron chi connectivity index (χ4n) is 4.62. The van der Waals surface area contributed by atoms with Crippen molar-refractivity contribution in [2.75, 3.05) is 0 Å². The maximum absolute atomic E-state index is 11.3. The molecular weight excluding hydrogens is 412 g/mol. The molecule has 4 heteroatoms. The van der Waals surface area contributed by atoms with E-state index in [0.29, 0.717) is 32.7 Å². The van der Waals surface area contributed by atoms with Crippen LogP contribution in [0.4, 0.5) is 0 Å². The lowest BCUT2D eigenvalue weighted by Gasteiger charge is -2.23. The number of hydrogen-bond donors (Lipinski definition) is 4. The van der Waals surface area contributed by atoms with Gasteiger partial charge in [-0.3, -0.25) is 0 Å². The average molecular weight is 437 g/mol. The van der Waals surface area contributed by atoms with Crippen LogP contribution in [0.15, 0.2) is 78.9 Å². The molecule has 0 atom stereocenters. The number of phenols is 4. The molecule has 0 aliphatic heterocycles. The Morgan fingerprint density at radius 3 is 1.52 bits per heavy atom. The lowest BCUT2D eigenvalue weighted by atomic mass is 9.81. The molecule has 0 aromatic heterocycles. The average Bonchev–Trinajstić information content (AvgIpc) is 2.80. The highest BCUT2D eigenvalue weighted by atomic mass is 16.3. The Balaban J connectivity index is 1.83. The zero-order valence-corrected chi connectivity index (χ0v) is 18.4. The molecule has 5 rings (SSSR count). The quantitative estimate of drug-likeness (QED) is 0.240. The molecule has 0 spiro atoms. The molecule has 0 amide bonds. The molecule has 0 saturated heterocycles. The molecular formula is C29H24O4. The van der Waals surface area contributed by atoms with Crippen LogP contribution in [-0.4, -0.2) is 20.4 Å². The summed E-state index contributed by atoms with van der Waals surface area (Å²) in [4.78, 5) is 0. The van der Waals surface area contributed by atoms with E-state index in [-0.39, 0.29) is 23.0 Å². The van der Waals surface area contributed by atoms with E-state index in [1.54, 1.807) is 60.7 Å². The van der Waals surface area contributed by atoms with Gasteiger partial charge in [0.1, 0.15) is 23.0 Å². The molecule has 0 radical (unpaired) electrons. The second-order valence-corrected chi connectivity index (χ2v) is 8.53. The highest BCUT2D eigenvalue weighted by molar-refractivity contribution is 5.96. The molecule has 0 aliphatic carbocycles. The first-order valence-electron chi connectivity index (χ1n) is 10.8. The number of hydrogen-bond acceptors (Lipinski definition) is 4. The number of phenolic OH excluding ortho intramolecular Hbond substituents is 4. The Morgan fingerprint density at radius 2 is 1.03 bits per heavy atom. The first-order valence-corrected chi connectivity index (χ1v) is 10.8. The smallest absolute Gasteiger partial charge is 0.127 e. The summed E-state index contributed by atoms with van der Waals surface area (Å²) in [5.41, 5.74) is 4.41. The highest BCUT2D eigenvalue weighted by Gasteiger charge is 2.26. The third-order valence-corrected chi connectivity index (χ3v) is 6.57. The normalized spacial score (nSPS) is 11.5. The fraction of sp³-hybridized carbons (Fsp3) is 0.103. The molecule has 0 heterocycles. The van der Waals surface area contributed by atoms with Gasteiger partial charge in [0.15, 0.2) is 0 Å². The van der Waals surface area contributed by atoms with Gasteiger partial charge in [0.2, 0.25) is 0 Å². The van der Waals surface area contributed by atoms with Gasteiger partial charge in [-0.1, -0.05) is 66.7 Å². The van der Waals surface area contributed by atoms with Gasteiger partial charge in [0.05, 0.1) is 0 Å². The molecule has 4 N–H and O–H groups in total. The first-order chi connectivity index (χ1) is 15.9. The molecule has 5 aromatic rings. The van der Waals surface area contributed by atoms with Gasteiger partial charge in [-0.2, -0.15) is 0 Å². The summed E-state index contributed by atoms with van der Waals surface area (Å²) in [5, 5.41) is 45.3. The van der Waals surface area contributed by atoms with E-state index in [4.69, 9.17) is 0 Å². The monoisotopic (exact) mass is 436 g/mol. The van der Waals surface area contributed by atoms with E-state index in [1.807, 2.05) is 26.0 Å². The minimum Gasteiger partial charge on any atom is -0.507 e. The third kappa shape index (κ3) is 3.31. The second kappa shape index (κ2) is 7.75. The van der Waals surface area contributed by atoms with Gasteiger partial charge >= 0.3 is 0 Å². The van der Waals surface area contributed by atoms with E-state index in [0.717, 1.165) is 16.7 Å². The summed E-state index contributed by atoms with van der Waals surface area (Å²) >= 11 is 0. The van der Waals surface area contributed by atoms with Crippen LogP contribution in [0, 0.1) is 13.8 Å². The van der Waals surface area contributed by atoms with E-state index >= 15 is 0 Å². The van der Waals surface area contributed by atoms with Crippen molar-refractivity contribution in [2.24, 2.45) is 0 Å². The molecule has 0 bridgehead atoms. The number of aryl methyl sites for hydroxylation is 2. The van der Waals surface area contributed by atoms with Crippen LogP contribution in [0.3, 0.4) is 0 Å². The molecule has 0 saturated carbocycles. The minimum atomic E-state index is -0.470. The summed E-state index contributed by atoms with van der Waals surface area (Å²) in [6, 6.07) is 23.4. The number of fused-ring (bicyclic) bond motifs is 2. The maximum Gasteiger partial charge on any atom is 0.127 e. The minimum absolute atomic E-state index is 0.0574. The summed E-state index contributed by atoms with van der Waals surface area (Å²) in [7, 11) is 0. The van der Waals surface area contributed by atoms with Gasteiger partial charge < -0.3 is 20.4 Å². The van der Waals surface area contributed by atoms with Crippen molar-refractivity contribution < 1.29 is 20.4 Å². The van der Waals surface area contributed by atoms with E-state index in [9.17, 15) is 20.4 Å². The van der Waals surface area contributed by atoms with Crippen molar-refractivity contribution in [1.29, 1.82) is 0 Å². The van der Waals surface area contributed by atoms with E-state index in [2.05, 4.69) is 6.07 Å². The SMILES string of the molecule is Cc1ccc(C(c2ccc3c(O)cccc3c2O)c2ccc3c(O)cccc3c2O)cc1C. The first kappa shape index (κ1) is 20.7. The summed E-state index contributed by atoms with van der Waals surface area (Å²) < 4.78 is 0. The largest absolute Gasteiger partial charge is 0.507 e. The predicted octanol–water partition coefficient (Wildman–Crippen LogP) is 6.61. The van der Waals surface area contributed by atoms with Crippen molar-refractivity contribution in [3.05, 3.63) is 107 Å². The van der Waals surface area contributed by atoms with Crippen LogP contribution < -0.4 is 0 Å². The lowest BCUT2D eigenvalue weighted by Crippen LogP contribution is -2.06. The summed E-state index contributed by atoms with van der Waals surface area (Å²) in [5.74, 6) is -0.158. The number of benzene rings is 5. The van der Waals surface area contributed by atoms with Gasteiger partial charge in [-0.15, -0.1) is 0 Å². The zero-order chi connectivity index (χ0) is 23.3. The molecule has 4 nitrogen and oxygen atoms in total. The third-order valence-electron chi connectivity index (χ3n) is 6.57. The van der Waals surface area contributed by atoms with E-state index < -0.39 is 5.92 Å². The Kier molecular flexibility index (Phi) is 4.86.